The van der Waals surface area contributed by atoms with Gasteiger partial charge in [-0.25, -0.2) is 9.78 Å². The molecule has 0 radical (unpaired) electrons. The van der Waals surface area contributed by atoms with Crippen molar-refractivity contribution >= 4 is 23.2 Å². The molecule has 2 aromatic rings. The van der Waals surface area contributed by atoms with E-state index in [4.69, 9.17) is 0 Å². The lowest BCUT2D eigenvalue weighted by molar-refractivity contribution is 0.165. The molecule has 0 saturated carbocycles. The predicted octanol–water partition coefficient (Wildman–Crippen LogP) is 3.92. The second kappa shape index (κ2) is 6.18. The number of carboxylic acid groups (broad SMARTS) is 1. The molecule has 0 unspecified atom stereocenters. The van der Waals surface area contributed by atoms with Crippen molar-refractivity contribution in [2.24, 2.45) is 0 Å². The summed E-state index contributed by atoms with van der Waals surface area (Å²) in [6, 6.07) is 9.96. The molecule has 0 spiro atoms. The maximum Gasteiger partial charge on any atom is 0.413 e. The minimum Gasteiger partial charge on any atom is -0.465 e. The first-order valence-electron chi connectivity index (χ1n) is 8.44. The SMILES string of the molecule is O=C(O)N(c1ncsc1-c1ccccc1)C12CCCN(CC1)CC2. The van der Waals surface area contributed by atoms with Gasteiger partial charge in [0.15, 0.2) is 5.82 Å². The topological polar surface area (TPSA) is 56.7 Å². The third-order valence-corrected chi connectivity index (χ3v) is 6.23. The number of piperidine rings is 1. The molecule has 24 heavy (non-hydrogen) atoms. The predicted molar refractivity (Wildman–Crippen MR) is 95.7 cm³/mol. The Morgan fingerprint density at radius 3 is 2.62 bits per heavy atom. The van der Waals surface area contributed by atoms with Crippen LogP contribution in [0.2, 0.25) is 0 Å². The van der Waals surface area contributed by atoms with Crippen LogP contribution in [0.4, 0.5) is 10.6 Å². The molecule has 2 bridgehead atoms. The van der Waals surface area contributed by atoms with Crippen molar-refractivity contribution in [3.63, 3.8) is 0 Å². The number of aromatic nitrogens is 1. The van der Waals surface area contributed by atoms with E-state index in [0.29, 0.717) is 5.82 Å². The molecule has 3 aliphatic rings. The van der Waals surface area contributed by atoms with Gasteiger partial charge in [0, 0.05) is 13.1 Å². The highest BCUT2D eigenvalue weighted by Gasteiger charge is 2.46. The van der Waals surface area contributed by atoms with Gasteiger partial charge in [0.2, 0.25) is 0 Å². The zero-order valence-corrected chi connectivity index (χ0v) is 14.3. The van der Waals surface area contributed by atoms with Crippen molar-refractivity contribution in [3.05, 3.63) is 35.8 Å². The van der Waals surface area contributed by atoms with Crippen LogP contribution in [0.15, 0.2) is 35.8 Å². The Labute approximate surface area is 145 Å². The molecule has 5 rings (SSSR count). The first-order chi connectivity index (χ1) is 11.7. The van der Waals surface area contributed by atoms with E-state index in [2.05, 4.69) is 9.88 Å². The average molecular weight is 343 g/mol. The van der Waals surface area contributed by atoms with E-state index in [0.717, 1.165) is 55.8 Å². The lowest BCUT2D eigenvalue weighted by Crippen LogP contribution is -2.56. The number of benzene rings is 1. The van der Waals surface area contributed by atoms with E-state index in [1.165, 1.54) is 11.3 Å². The van der Waals surface area contributed by atoms with Gasteiger partial charge in [-0.15, -0.1) is 11.3 Å². The molecule has 3 aliphatic heterocycles. The highest BCUT2D eigenvalue weighted by Crippen LogP contribution is 2.43. The summed E-state index contributed by atoms with van der Waals surface area (Å²) in [5.74, 6) is 0.606. The smallest absolute Gasteiger partial charge is 0.413 e. The molecule has 1 amide bonds. The zero-order chi connectivity index (χ0) is 16.6. The molecule has 5 nitrogen and oxygen atoms in total. The summed E-state index contributed by atoms with van der Waals surface area (Å²) in [5, 5.41) is 10.1. The van der Waals surface area contributed by atoms with E-state index in [9.17, 15) is 9.90 Å². The van der Waals surface area contributed by atoms with Gasteiger partial charge < -0.3 is 10.0 Å². The highest BCUT2D eigenvalue weighted by molar-refractivity contribution is 7.13. The molecule has 4 heterocycles. The van der Waals surface area contributed by atoms with Gasteiger partial charge in [-0.3, -0.25) is 4.90 Å². The van der Waals surface area contributed by atoms with Gasteiger partial charge in [0.05, 0.1) is 15.9 Å². The number of hydrogen-bond acceptors (Lipinski definition) is 4. The van der Waals surface area contributed by atoms with E-state index in [-0.39, 0.29) is 5.54 Å². The van der Waals surface area contributed by atoms with Crippen molar-refractivity contribution in [3.8, 4) is 10.4 Å². The van der Waals surface area contributed by atoms with Crippen LogP contribution in [0.3, 0.4) is 0 Å². The van der Waals surface area contributed by atoms with Crippen molar-refractivity contribution in [1.29, 1.82) is 0 Å². The second-order valence-corrected chi connectivity index (χ2v) is 7.51. The summed E-state index contributed by atoms with van der Waals surface area (Å²) in [4.78, 5) is 21.7. The lowest BCUT2D eigenvalue weighted by atomic mass is 9.83. The number of anilines is 1. The summed E-state index contributed by atoms with van der Waals surface area (Å²) >= 11 is 1.51. The normalized spacial score (nSPS) is 26.1. The third-order valence-electron chi connectivity index (χ3n) is 5.37. The summed E-state index contributed by atoms with van der Waals surface area (Å²) in [7, 11) is 0. The van der Waals surface area contributed by atoms with Crippen molar-refractivity contribution < 1.29 is 9.90 Å². The van der Waals surface area contributed by atoms with Crippen LogP contribution in [0, 0.1) is 0 Å². The first kappa shape index (κ1) is 15.6. The quantitative estimate of drug-likeness (QED) is 0.917. The Morgan fingerprint density at radius 2 is 1.92 bits per heavy atom. The molecule has 126 valence electrons. The van der Waals surface area contributed by atoms with E-state index in [1.54, 1.807) is 10.4 Å². The number of nitrogens with zero attached hydrogens (tertiary/aromatic N) is 3. The van der Waals surface area contributed by atoms with Crippen LogP contribution in [0.25, 0.3) is 10.4 Å². The molecule has 1 N–H and O–H groups in total. The van der Waals surface area contributed by atoms with Crippen molar-refractivity contribution in [1.82, 2.24) is 9.88 Å². The molecule has 3 fully saturated rings. The average Bonchev–Trinajstić information content (AvgIpc) is 2.85. The maximum atomic E-state index is 12.3. The molecule has 0 aliphatic carbocycles. The van der Waals surface area contributed by atoms with Crippen LogP contribution in [0.1, 0.15) is 25.7 Å². The molecule has 1 aromatic carbocycles. The number of rotatable bonds is 3. The van der Waals surface area contributed by atoms with Crippen molar-refractivity contribution in [2.75, 3.05) is 24.5 Å². The Morgan fingerprint density at radius 1 is 1.17 bits per heavy atom. The Hall–Kier alpha value is -1.92. The summed E-state index contributed by atoms with van der Waals surface area (Å²) < 4.78 is 0. The van der Waals surface area contributed by atoms with Crippen molar-refractivity contribution in [2.45, 2.75) is 31.2 Å². The molecule has 3 saturated heterocycles. The van der Waals surface area contributed by atoms with Crippen LogP contribution in [0.5, 0.6) is 0 Å². The lowest BCUT2D eigenvalue weighted by Gasteiger charge is -2.44. The first-order valence-corrected chi connectivity index (χ1v) is 9.32. The number of carbonyl (C=O) groups is 1. The van der Waals surface area contributed by atoms with Gasteiger partial charge in [-0.05, 0) is 37.8 Å². The van der Waals surface area contributed by atoms with Crippen LogP contribution in [-0.2, 0) is 0 Å². The molecular formula is C18H21N3O2S. The van der Waals surface area contributed by atoms with Gasteiger partial charge in [0.25, 0.3) is 0 Å². The largest absolute Gasteiger partial charge is 0.465 e. The van der Waals surface area contributed by atoms with Gasteiger partial charge in [-0.2, -0.15) is 0 Å². The highest BCUT2D eigenvalue weighted by atomic mass is 32.1. The summed E-state index contributed by atoms with van der Waals surface area (Å²) in [5.41, 5.74) is 2.48. The van der Waals surface area contributed by atoms with Gasteiger partial charge in [-0.1, -0.05) is 30.3 Å². The third kappa shape index (κ3) is 2.59. The molecule has 6 heteroatoms. The molecular weight excluding hydrogens is 322 g/mol. The number of amides is 1. The van der Waals surface area contributed by atoms with E-state index >= 15 is 0 Å². The fourth-order valence-electron chi connectivity index (χ4n) is 4.11. The number of thiazole rings is 1. The standard InChI is InChI=1S/C18H21N3O2S/c22-17(23)21(18-7-4-10-20(11-8-18)12-9-18)16-15(24-13-19-16)14-5-2-1-3-6-14/h1-3,5-6,13H,4,7-12H2,(H,22,23). The Kier molecular flexibility index (Phi) is 4.02. The zero-order valence-electron chi connectivity index (χ0n) is 13.5. The van der Waals surface area contributed by atoms with Crippen LogP contribution < -0.4 is 4.90 Å². The van der Waals surface area contributed by atoms with Crippen LogP contribution in [-0.4, -0.2) is 46.3 Å². The second-order valence-electron chi connectivity index (χ2n) is 6.66. The number of hydrogen-bond donors (Lipinski definition) is 1. The Balaban J connectivity index is 1.78. The minimum absolute atomic E-state index is 0.309. The minimum atomic E-state index is -0.881. The summed E-state index contributed by atoms with van der Waals surface area (Å²) in [6.07, 6.45) is 2.88. The summed E-state index contributed by atoms with van der Waals surface area (Å²) in [6.45, 7) is 3.04. The molecule has 0 atom stereocenters. The Bertz CT molecular complexity index is 717. The van der Waals surface area contributed by atoms with E-state index in [1.807, 2.05) is 30.3 Å². The fourth-order valence-corrected chi connectivity index (χ4v) is 4.89. The van der Waals surface area contributed by atoms with Crippen LogP contribution >= 0.6 is 11.3 Å². The van der Waals surface area contributed by atoms with Gasteiger partial charge in [0.1, 0.15) is 0 Å². The van der Waals surface area contributed by atoms with Gasteiger partial charge >= 0.3 is 6.09 Å². The van der Waals surface area contributed by atoms with E-state index < -0.39 is 6.09 Å². The molecule has 1 aromatic heterocycles. The maximum absolute atomic E-state index is 12.3. The number of fused-ring (bicyclic) bond motifs is 4. The fraction of sp³-hybridized carbons (Fsp3) is 0.444. The monoisotopic (exact) mass is 343 g/mol.